The number of carbonyl (C=O) groups excluding carboxylic acids is 2. The van der Waals surface area contributed by atoms with Gasteiger partial charge in [-0.05, 0) is 12.1 Å². The van der Waals surface area contributed by atoms with Crippen molar-refractivity contribution in [1.82, 2.24) is 4.73 Å². The van der Waals surface area contributed by atoms with Gasteiger partial charge in [0.25, 0.3) is 0 Å². The summed E-state index contributed by atoms with van der Waals surface area (Å²) in [5.74, 6) is -1.74. The molecule has 1 heterocycles. The van der Waals surface area contributed by atoms with E-state index in [0.29, 0.717) is 15.9 Å². The minimum atomic E-state index is -0.977. The fraction of sp³-hybridized carbons (Fsp3) is 0.167. The molecule has 0 aliphatic carbocycles. The summed E-state index contributed by atoms with van der Waals surface area (Å²) >= 11 is 5.92. The van der Waals surface area contributed by atoms with Gasteiger partial charge in [0.05, 0.1) is 22.1 Å². The minimum absolute atomic E-state index is 0.0603. The summed E-state index contributed by atoms with van der Waals surface area (Å²) in [6.07, 6.45) is 1.25. The molecule has 2 rings (SSSR count). The van der Waals surface area contributed by atoms with Crippen LogP contribution < -0.4 is 4.84 Å². The molecule has 2 aromatic rings. The predicted molar refractivity (Wildman–Crippen MR) is 65.5 cm³/mol. The maximum Gasteiger partial charge on any atom is 0.399 e. The van der Waals surface area contributed by atoms with Crippen LogP contribution >= 0.6 is 11.6 Å². The average molecular weight is 268 g/mol. The Labute approximate surface area is 107 Å². The Hall–Kier alpha value is -2.01. The van der Waals surface area contributed by atoms with E-state index >= 15 is 0 Å². The lowest BCUT2D eigenvalue weighted by Crippen LogP contribution is -2.26. The molecule has 0 amide bonds. The molecule has 6 heteroatoms. The summed E-state index contributed by atoms with van der Waals surface area (Å²) in [7, 11) is 0. The van der Waals surface area contributed by atoms with Crippen LogP contribution in [-0.4, -0.2) is 21.6 Å². The van der Waals surface area contributed by atoms with Gasteiger partial charge in [-0.25, -0.2) is 4.79 Å². The van der Waals surface area contributed by atoms with Crippen molar-refractivity contribution in [2.75, 3.05) is 0 Å². The van der Waals surface area contributed by atoms with Gasteiger partial charge >= 0.3 is 5.97 Å². The number of aromatic nitrogens is 1. The van der Waals surface area contributed by atoms with Crippen molar-refractivity contribution in [2.24, 2.45) is 0 Å². The molecule has 18 heavy (non-hydrogen) atoms. The molecular formula is C12H10ClNO4. The zero-order valence-corrected chi connectivity index (χ0v) is 10.3. The maximum atomic E-state index is 11.4. The fourth-order valence-electron chi connectivity index (χ4n) is 1.56. The van der Waals surface area contributed by atoms with Gasteiger partial charge < -0.3 is 9.94 Å². The first-order valence-electron chi connectivity index (χ1n) is 5.28. The van der Waals surface area contributed by atoms with E-state index in [1.54, 1.807) is 25.1 Å². The zero-order chi connectivity index (χ0) is 13.3. The van der Waals surface area contributed by atoms with Gasteiger partial charge in [-0.15, -0.1) is 0 Å². The molecule has 0 bridgehead atoms. The van der Waals surface area contributed by atoms with Crippen LogP contribution in [0.3, 0.4) is 0 Å². The molecule has 0 aliphatic heterocycles. The zero-order valence-electron chi connectivity index (χ0n) is 9.51. The third-order valence-electron chi connectivity index (χ3n) is 2.45. The van der Waals surface area contributed by atoms with E-state index in [4.69, 9.17) is 16.4 Å². The molecule has 1 N–H and O–H groups in total. The van der Waals surface area contributed by atoms with Crippen LogP contribution in [0.5, 0.6) is 5.75 Å². The molecule has 1 aromatic heterocycles. The fourth-order valence-corrected chi connectivity index (χ4v) is 1.82. The number of halogens is 1. The first-order chi connectivity index (χ1) is 8.54. The largest absolute Gasteiger partial charge is 0.506 e. The van der Waals surface area contributed by atoms with Gasteiger partial charge in [-0.1, -0.05) is 24.6 Å². The molecule has 1 aromatic carbocycles. The topological polar surface area (TPSA) is 68.5 Å². The maximum absolute atomic E-state index is 11.4. The molecule has 0 radical (unpaired) electrons. The number of aromatic hydroxyl groups is 1. The number of Topliss-reactive ketones (excluding diaryl/α,β-unsaturated/α-hetero) is 1. The Morgan fingerprint density at radius 3 is 2.83 bits per heavy atom. The van der Waals surface area contributed by atoms with Crippen molar-refractivity contribution in [3.05, 3.63) is 29.4 Å². The van der Waals surface area contributed by atoms with E-state index in [1.165, 1.54) is 6.20 Å². The number of hydrogen-bond donors (Lipinski definition) is 1. The Morgan fingerprint density at radius 1 is 1.44 bits per heavy atom. The highest BCUT2D eigenvalue weighted by atomic mass is 35.5. The van der Waals surface area contributed by atoms with Gasteiger partial charge in [0, 0.05) is 6.42 Å². The molecule has 0 aliphatic rings. The van der Waals surface area contributed by atoms with Crippen LogP contribution in [0.15, 0.2) is 24.4 Å². The van der Waals surface area contributed by atoms with Gasteiger partial charge in [0.2, 0.25) is 5.78 Å². The molecule has 0 unspecified atom stereocenters. The van der Waals surface area contributed by atoms with Crippen LogP contribution in [0, 0.1) is 0 Å². The van der Waals surface area contributed by atoms with Crippen LogP contribution in [-0.2, 0) is 9.59 Å². The van der Waals surface area contributed by atoms with Crippen LogP contribution in [0.25, 0.3) is 10.9 Å². The van der Waals surface area contributed by atoms with Crippen molar-refractivity contribution in [3.63, 3.8) is 0 Å². The smallest absolute Gasteiger partial charge is 0.399 e. The SMILES string of the molecule is CCC(=O)C(=O)On1cc(O)c2c(Cl)cccc21. The van der Waals surface area contributed by atoms with Crippen molar-refractivity contribution >= 4 is 34.3 Å². The molecule has 0 atom stereocenters. The highest BCUT2D eigenvalue weighted by Gasteiger charge is 2.17. The Morgan fingerprint density at radius 2 is 2.17 bits per heavy atom. The van der Waals surface area contributed by atoms with E-state index in [0.717, 1.165) is 4.73 Å². The quantitative estimate of drug-likeness (QED) is 0.863. The van der Waals surface area contributed by atoms with E-state index in [9.17, 15) is 14.7 Å². The normalized spacial score (nSPS) is 10.6. The molecule has 0 fully saturated rings. The lowest BCUT2D eigenvalue weighted by Gasteiger charge is -2.04. The standard InChI is InChI=1S/C12H10ClNO4/c1-2-9(15)12(17)18-14-6-10(16)11-7(13)4-3-5-8(11)14/h3-6,16H,2H2,1H3. The number of fused-ring (bicyclic) bond motifs is 1. The van der Waals surface area contributed by atoms with Crippen molar-refractivity contribution in [3.8, 4) is 5.75 Å². The second-order valence-corrected chi connectivity index (χ2v) is 4.04. The molecule has 0 spiro atoms. The first-order valence-corrected chi connectivity index (χ1v) is 5.66. The van der Waals surface area contributed by atoms with Crippen LogP contribution in [0.2, 0.25) is 5.02 Å². The summed E-state index contributed by atoms with van der Waals surface area (Å²) in [6.45, 7) is 1.56. The number of rotatable bonds is 3. The molecule has 0 saturated carbocycles. The van der Waals surface area contributed by atoms with E-state index in [1.807, 2.05) is 0 Å². The van der Waals surface area contributed by atoms with Crippen molar-refractivity contribution in [2.45, 2.75) is 13.3 Å². The summed E-state index contributed by atoms with van der Waals surface area (Å²) in [5.41, 5.74) is 0.414. The second-order valence-electron chi connectivity index (χ2n) is 3.63. The minimum Gasteiger partial charge on any atom is -0.506 e. The monoisotopic (exact) mass is 267 g/mol. The molecule has 0 saturated heterocycles. The summed E-state index contributed by atoms with van der Waals surface area (Å²) in [5, 5.41) is 10.4. The number of benzene rings is 1. The molecular weight excluding hydrogens is 258 g/mol. The Balaban J connectivity index is 2.44. The molecule has 5 nitrogen and oxygen atoms in total. The van der Waals surface area contributed by atoms with Gasteiger partial charge in [-0.2, -0.15) is 4.73 Å². The summed E-state index contributed by atoms with van der Waals surface area (Å²) < 4.78 is 1.03. The summed E-state index contributed by atoms with van der Waals surface area (Å²) in [4.78, 5) is 27.4. The van der Waals surface area contributed by atoms with E-state index in [-0.39, 0.29) is 12.2 Å². The molecule has 94 valence electrons. The number of carbonyl (C=O) groups is 2. The van der Waals surface area contributed by atoms with E-state index < -0.39 is 11.8 Å². The lowest BCUT2D eigenvalue weighted by atomic mass is 10.2. The predicted octanol–water partition coefficient (Wildman–Crippen LogP) is 1.93. The second kappa shape index (κ2) is 4.70. The van der Waals surface area contributed by atoms with Crippen molar-refractivity contribution < 1.29 is 19.5 Å². The third kappa shape index (κ3) is 2.04. The van der Waals surface area contributed by atoms with Crippen LogP contribution in [0.4, 0.5) is 0 Å². The van der Waals surface area contributed by atoms with Gasteiger partial charge in [-0.3, -0.25) is 4.79 Å². The van der Waals surface area contributed by atoms with Crippen molar-refractivity contribution in [1.29, 1.82) is 0 Å². The highest BCUT2D eigenvalue weighted by molar-refractivity contribution is 6.36. The van der Waals surface area contributed by atoms with E-state index in [2.05, 4.69) is 0 Å². The average Bonchev–Trinajstić information content (AvgIpc) is 2.66. The Bertz CT molecular complexity index is 632. The van der Waals surface area contributed by atoms with Crippen LogP contribution in [0.1, 0.15) is 13.3 Å². The lowest BCUT2D eigenvalue weighted by molar-refractivity contribution is -0.153. The van der Waals surface area contributed by atoms with Gasteiger partial charge in [0.15, 0.2) is 0 Å². The van der Waals surface area contributed by atoms with Gasteiger partial charge in [0.1, 0.15) is 5.75 Å². The Kier molecular flexibility index (Phi) is 3.25. The third-order valence-corrected chi connectivity index (χ3v) is 2.77. The summed E-state index contributed by atoms with van der Waals surface area (Å²) in [6, 6.07) is 4.87. The first kappa shape index (κ1) is 12.4. The number of nitrogens with zero attached hydrogens (tertiary/aromatic N) is 1. The number of hydrogen-bond acceptors (Lipinski definition) is 4. The number of ketones is 1. The highest BCUT2D eigenvalue weighted by Crippen LogP contribution is 2.32.